The monoisotopic (exact) mass is 263 g/mol. The van der Waals surface area contributed by atoms with Gasteiger partial charge in [-0.3, -0.25) is 4.79 Å². The molecule has 0 aromatic rings. The van der Waals surface area contributed by atoms with Crippen molar-refractivity contribution >= 4 is 21.8 Å². The third kappa shape index (κ3) is 4.99. The van der Waals surface area contributed by atoms with Crippen molar-refractivity contribution in [3.63, 3.8) is 0 Å². The van der Waals surface area contributed by atoms with Crippen molar-refractivity contribution in [3.05, 3.63) is 0 Å². The van der Waals surface area contributed by atoms with Gasteiger partial charge in [-0.15, -0.1) is 0 Å². The molecule has 0 saturated heterocycles. The lowest BCUT2D eigenvalue weighted by Crippen LogP contribution is -2.36. The third-order valence-corrected chi connectivity index (χ3v) is 4.03. The second kappa shape index (κ2) is 7.27. The van der Waals surface area contributed by atoms with Crippen LogP contribution in [0.3, 0.4) is 0 Å². The molecule has 1 unspecified atom stereocenters. The van der Waals surface area contributed by atoms with Crippen molar-refractivity contribution in [3.8, 4) is 0 Å². The van der Waals surface area contributed by atoms with E-state index in [9.17, 15) is 4.79 Å². The average molecular weight is 264 g/mol. The minimum Gasteiger partial charge on any atom is -0.355 e. The molecule has 0 aliphatic heterocycles. The number of carbonyl (C=O) groups excluding carboxylic acids is 1. The van der Waals surface area contributed by atoms with E-state index in [0.717, 1.165) is 19.4 Å². The fourth-order valence-electron chi connectivity index (χ4n) is 1.22. The third-order valence-electron chi connectivity index (χ3n) is 2.56. The highest BCUT2D eigenvalue weighted by Crippen LogP contribution is 2.12. The smallest absolute Gasteiger partial charge is 0.234 e. The van der Waals surface area contributed by atoms with Gasteiger partial charge in [0.1, 0.15) is 0 Å². The van der Waals surface area contributed by atoms with Gasteiger partial charge in [-0.05, 0) is 11.8 Å². The minimum absolute atomic E-state index is 0.0585. The van der Waals surface area contributed by atoms with Crippen molar-refractivity contribution in [2.24, 2.45) is 11.8 Å². The predicted octanol–water partition coefficient (Wildman–Crippen LogP) is 2.96. The fraction of sp³-hybridized carbons (Fsp3) is 0.909. The van der Waals surface area contributed by atoms with Crippen molar-refractivity contribution in [1.82, 2.24) is 5.32 Å². The molecule has 0 aromatic heterocycles. The standard InChI is InChI=1S/C11H22BrNO/c1-5-9(6-2)7-13-11(14)10(12)8(3)4/h8-10H,5-7H2,1-4H3,(H,13,14). The summed E-state index contributed by atoms with van der Waals surface area (Å²) in [5.74, 6) is 1.08. The van der Waals surface area contributed by atoms with E-state index in [1.165, 1.54) is 0 Å². The Morgan fingerprint density at radius 3 is 2.14 bits per heavy atom. The van der Waals surface area contributed by atoms with Crippen LogP contribution < -0.4 is 5.32 Å². The Balaban J connectivity index is 3.83. The predicted molar refractivity (Wildman–Crippen MR) is 64.6 cm³/mol. The molecule has 0 heterocycles. The maximum Gasteiger partial charge on any atom is 0.234 e. The quantitative estimate of drug-likeness (QED) is 0.734. The lowest BCUT2D eigenvalue weighted by molar-refractivity contribution is -0.121. The number of alkyl halides is 1. The molecule has 0 radical (unpaired) electrons. The summed E-state index contributed by atoms with van der Waals surface area (Å²) in [6.07, 6.45) is 2.26. The summed E-state index contributed by atoms with van der Waals surface area (Å²) >= 11 is 3.39. The van der Waals surface area contributed by atoms with Gasteiger partial charge in [0, 0.05) is 6.54 Å². The topological polar surface area (TPSA) is 29.1 Å². The number of nitrogens with one attached hydrogen (secondary N) is 1. The van der Waals surface area contributed by atoms with Crippen LogP contribution in [-0.4, -0.2) is 17.3 Å². The molecule has 1 amide bonds. The Hall–Kier alpha value is -0.0500. The molecule has 3 heteroatoms. The summed E-state index contributed by atoms with van der Waals surface area (Å²) in [4.78, 5) is 11.5. The maximum absolute atomic E-state index is 11.6. The van der Waals surface area contributed by atoms with E-state index in [-0.39, 0.29) is 10.7 Å². The maximum atomic E-state index is 11.6. The van der Waals surface area contributed by atoms with Crippen LogP contribution in [0.2, 0.25) is 0 Å². The van der Waals surface area contributed by atoms with Crippen molar-refractivity contribution in [2.45, 2.75) is 45.4 Å². The van der Waals surface area contributed by atoms with E-state index < -0.39 is 0 Å². The van der Waals surface area contributed by atoms with Crippen molar-refractivity contribution in [2.75, 3.05) is 6.54 Å². The molecule has 0 aromatic carbocycles. The molecule has 0 saturated carbocycles. The average Bonchev–Trinajstić information content (AvgIpc) is 2.17. The molecule has 2 nitrogen and oxygen atoms in total. The van der Waals surface area contributed by atoms with Gasteiger partial charge in [0.15, 0.2) is 0 Å². The van der Waals surface area contributed by atoms with Gasteiger partial charge in [0.05, 0.1) is 4.83 Å². The Morgan fingerprint density at radius 1 is 1.29 bits per heavy atom. The summed E-state index contributed by atoms with van der Waals surface area (Å²) in [7, 11) is 0. The highest BCUT2D eigenvalue weighted by Gasteiger charge is 2.18. The van der Waals surface area contributed by atoms with Crippen molar-refractivity contribution < 1.29 is 4.79 Å². The molecule has 0 aliphatic rings. The first-order chi connectivity index (χ1) is 6.52. The summed E-state index contributed by atoms with van der Waals surface area (Å²) in [5.41, 5.74) is 0. The molecule has 0 aliphatic carbocycles. The number of hydrogen-bond donors (Lipinski definition) is 1. The van der Waals surface area contributed by atoms with Crippen LogP contribution in [0.15, 0.2) is 0 Å². The van der Waals surface area contributed by atoms with E-state index in [1.54, 1.807) is 0 Å². The van der Waals surface area contributed by atoms with Crippen LogP contribution in [0, 0.1) is 11.8 Å². The van der Waals surface area contributed by atoms with E-state index in [0.29, 0.717) is 11.8 Å². The molecule has 0 spiro atoms. The zero-order chi connectivity index (χ0) is 11.1. The fourth-order valence-corrected chi connectivity index (χ4v) is 1.38. The zero-order valence-electron chi connectivity index (χ0n) is 9.64. The number of rotatable bonds is 6. The van der Waals surface area contributed by atoms with Crippen LogP contribution in [0.25, 0.3) is 0 Å². The second-order valence-corrected chi connectivity index (χ2v) is 5.06. The van der Waals surface area contributed by atoms with Gasteiger partial charge in [0.2, 0.25) is 5.91 Å². The van der Waals surface area contributed by atoms with E-state index >= 15 is 0 Å². The number of hydrogen-bond acceptors (Lipinski definition) is 1. The van der Waals surface area contributed by atoms with E-state index in [4.69, 9.17) is 0 Å². The SMILES string of the molecule is CCC(CC)CNC(=O)C(Br)C(C)C. The number of halogens is 1. The summed E-state index contributed by atoms with van der Waals surface area (Å²) in [5, 5.41) is 2.98. The second-order valence-electron chi connectivity index (χ2n) is 4.07. The lowest BCUT2D eigenvalue weighted by atomic mass is 10.0. The Labute approximate surface area is 96.0 Å². The van der Waals surface area contributed by atoms with E-state index in [2.05, 4.69) is 35.1 Å². The van der Waals surface area contributed by atoms with Gasteiger partial charge >= 0.3 is 0 Å². The Bertz CT molecular complexity index is 167. The minimum atomic E-state index is -0.0585. The Morgan fingerprint density at radius 2 is 1.79 bits per heavy atom. The highest BCUT2D eigenvalue weighted by molar-refractivity contribution is 9.10. The largest absolute Gasteiger partial charge is 0.355 e. The normalized spacial score (nSPS) is 13.4. The van der Waals surface area contributed by atoms with Gasteiger partial charge in [-0.1, -0.05) is 56.5 Å². The molecule has 14 heavy (non-hydrogen) atoms. The highest BCUT2D eigenvalue weighted by atomic mass is 79.9. The van der Waals surface area contributed by atoms with Gasteiger partial charge in [-0.2, -0.15) is 0 Å². The molecule has 0 bridgehead atoms. The molecular weight excluding hydrogens is 242 g/mol. The Kier molecular flexibility index (Phi) is 7.24. The lowest BCUT2D eigenvalue weighted by Gasteiger charge is -2.17. The van der Waals surface area contributed by atoms with Crippen LogP contribution in [-0.2, 0) is 4.79 Å². The molecule has 0 fully saturated rings. The first-order valence-electron chi connectivity index (χ1n) is 5.44. The molecule has 0 rings (SSSR count). The first kappa shape index (κ1) is 13.9. The van der Waals surface area contributed by atoms with Crippen LogP contribution in [0.5, 0.6) is 0 Å². The summed E-state index contributed by atoms with van der Waals surface area (Å²) in [6, 6.07) is 0. The van der Waals surface area contributed by atoms with E-state index in [1.807, 2.05) is 13.8 Å². The van der Waals surface area contributed by atoms with Gasteiger partial charge in [0.25, 0.3) is 0 Å². The van der Waals surface area contributed by atoms with Crippen molar-refractivity contribution in [1.29, 1.82) is 0 Å². The van der Waals surface area contributed by atoms with Gasteiger partial charge < -0.3 is 5.32 Å². The zero-order valence-corrected chi connectivity index (χ0v) is 11.2. The molecule has 1 N–H and O–H groups in total. The van der Waals surface area contributed by atoms with Crippen LogP contribution in [0.1, 0.15) is 40.5 Å². The number of amides is 1. The van der Waals surface area contributed by atoms with Crippen LogP contribution >= 0.6 is 15.9 Å². The van der Waals surface area contributed by atoms with Crippen LogP contribution in [0.4, 0.5) is 0 Å². The molecular formula is C11H22BrNO. The molecule has 1 atom stereocenters. The number of carbonyl (C=O) groups is 1. The first-order valence-corrected chi connectivity index (χ1v) is 6.36. The van der Waals surface area contributed by atoms with Gasteiger partial charge in [-0.25, -0.2) is 0 Å². The summed E-state index contributed by atoms with van der Waals surface area (Å²) in [6.45, 7) is 9.20. The molecule has 84 valence electrons. The summed E-state index contributed by atoms with van der Waals surface area (Å²) < 4.78 is 0.